The molecule has 1 amide bonds. The van der Waals surface area contributed by atoms with Gasteiger partial charge in [-0.2, -0.15) is 8.78 Å². The van der Waals surface area contributed by atoms with E-state index < -0.39 is 24.5 Å². The molecule has 0 fully saturated rings. The standard InChI is InChI=1S/C23H19F2NO3/c1-13(22(26)27)15-10-11-16-17(12-15)21(14-6-3-2-4-7-14)28-18-8-5-9-19(20(16)18)29-23(24)25/h2-13,21,23H,1H3,(H2,26,27). The average Bonchev–Trinajstić information content (AvgIpc) is 2.72. The Morgan fingerprint density at radius 1 is 1.07 bits per heavy atom. The third-order valence-corrected chi connectivity index (χ3v) is 5.11. The molecule has 1 aliphatic rings. The van der Waals surface area contributed by atoms with E-state index in [1.807, 2.05) is 36.4 Å². The first kappa shape index (κ1) is 18.9. The second-order valence-corrected chi connectivity index (χ2v) is 6.89. The van der Waals surface area contributed by atoms with E-state index >= 15 is 0 Å². The van der Waals surface area contributed by atoms with Gasteiger partial charge in [-0.05, 0) is 35.7 Å². The Bertz CT molecular complexity index is 1050. The van der Waals surface area contributed by atoms with Gasteiger partial charge in [-0.25, -0.2) is 0 Å². The molecule has 4 rings (SSSR count). The minimum Gasteiger partial charge on any atom is -0.480 e. The number of primary amides is 1. The Kier molecular flexibility index (Phi) is 4.92. The number of rotatable bonds is 5. The molecule has 29 heavy (non-hydrogen) atoms. The van der Waals surface area contributed by atoms with Gasteiger partial charge in [0.1, 0.15) is 17.6 Å². The number of fused-ring (bicyclic) bond motifs is 3. The zero-order chi connectivity index (χ0) is 20.5. The number of carbonyl (C=O) groups is 1. The molecule has 148 valence electrons. The van der Waals surface area contributed by atoms with Crippen LogP contribution in [0, 0.1) is 0 Å². The van der Waals surface area contributed by atoms with Gasteiger partial charge in [0.2, 0.25) is 5.91 Å². The van der Waals surface area contributed by atoms with Crippen molar-refractivity contribution in [1.82, 2.24) is 0 Å². The predicted molar refractivity (Wildman–Crippen MR) is 105 cm³/mol. The first-order valence-electron chi connectivity index (χ1n) is 9.18. The summed E-state index contributed by atoms with van der Waals surface area (Å²) >= 11 is 0. The molecule has 2 N–H and O–H groups in total. The molecule has 0 saturated heterocycles. The van der Waals surface area contributed by atoms with E-state index in [2.05, 4.69) is 0 Å². The maximum Gasteiger partial charge on any atom is 0.387 e. The van der Waals surface area contributed by atoms with Crippen LogP contribution in [0.4, 0.5) is 8.78 Å². The highest BCUT2D eigenvalue weighted by atomic mass is 19.3. The van der Waals surface area contributed by atoms with E-state index in [9.17, 15) is 13.6 Å². The molecule has 0 bridgehead atoms. The molecule has 0 spiro atoms. The summed E-state index contributed by atoms with van der Waals surface area (Å²) < 4.78 is 36.9. The van der Waals surface area contributed by atoms with Gasteiger partial charge >= 0.3 is 6.61 Å². The van der Waals surface area contributed by atoms with Crippen molar-refractivity contribution >= 4 is 5.91 Å². The summed E-state index contributed by atoms with van der Waals surface area (Å²) in [6.45, 7) is -1.23. The van der Waals surface area contributed by atoms with Crippen LogP contribution >= 0.6 is 0 Å². The van der Waals surface area contributed by atoms with Crippen LogP contribution in [0.5, 0.6) is 11.5 Å². The van der Waals surface area contributed by atoms with Gasteiger partial charge in [0.25, 0.3) is 0 Å². The fourth-order valence-electron chi connectivity index (χ4n) is 3.59. The highest BCUT2D eigenvalue weighted by Gasteiger charge is 2.31. The average molecular weight is 395 g/mol. The molecular weight excluding hydrogens is 376 g/mol. The first-order valence-corrected chi connectivity index (χ1v) is 9.18. The van der Waals surface area contributed by atoms with E-state index in [-0.39, 0.29) is 5.75 Å². The number of alkyl halides is 2. The third kappa shape index (κ3) is 3.53. The lowest BCUT2D eigenvalue weighted by Crippen LogP contribution is -2.20. The van der Waals surface area contributed by atoms with E-state index in [0.29, 0.717) is 11.3 Å². The number of amides is 1. The van der Waals surface area contributed by atoms with Crippen LogP contribution in [0.1, 0.15) is 35.6 Å². The van der Waals surface area contributed by atoms with Crippen LogP contribution in [0.2, 0.25) is 0 Å². The number of nitrogens with two attached hydrogens (primary N) is 1. The highest BCUT2D eigenvalue weighted by Crippen LogP contribution is 2.49. The summed E-state index contributed by atoms with van der Waals surface area (Å²) in [5.41, 5.74) is 9.06. The molecule has 0 aliphatic carbocycles. The molecule has 3 aromatic carbocycles. The molecule has 0 radical (unpaired) electrons. The first-order chi connectivity index (χ1) is 14.0. The number of carbonyl (C=O) groups excluding carboxylic acids is 1. The summed E-state index contributed by atoms with van der Waals surface area (Å²) in [5.74, 6) is -0.438. The molecule has 2 unspecified atom stereocenters. The van der Waals surface area contributed by atoms with Crippen molar-refractivity contribution in [2.45, 2.75) is 25.6 Å². The van der Waals surface area contributed by atoms with Crippen molar-refractivity contribution in [2.75, 3.05) is 0 Å². The molecule has 0 saturated carbocycles. The lowest BCUT2D eigenvalue weighted by molar-refractivity contribution is -0.119. The van der Waals surface area contributed by atoms with Crippen LogP contribution in [0.3, 0.4) is 0 Å². The number of ether oxygens (including phenoxy) is 2. The summed E-state index contributed by atoms with van der Waals surface area (Å²) in [6, 6.07) is 19.9. The van der Waals surface area contributed by atoms with E-state index in [1.165, 1.54) is 6.07 Å². The largest absolute Gasteiger partial charge is 0.480 e. The molecule has 0 aromatic heterocycles. The maximum absolute atomic E-state index is 13.0. The zero-order valence-electron chi connectivity index (χ0n) is 15.6. The summed E-state index contributed by atoms with van der Waals surface area (Å²) in [4.78, 5) is 11.7. The maximum atomic E-state index is 13.0. The Morgan fingerprint density at radius 2 is 1.83 bits per heavy atom. The van der Waals surface area contributed by atoms with Crippen LogP contribution in [-0.4, -0.2) is 12.5 Å². The quantitative estimate of drug-likeness (QED) is 0.659. The van der Waals surface area contributed by atoms with Crippen molar-refractivity contribution in [3.05, 3.63) is 83.4 Å². The Morgan fingerprint density at radius 3 is 2.52 bits per heavy atom. The molecule has 3 aromatic rings. The van der Waals surface area contributed by atoms with E-state index in [0.717, 1.165) is 22.3 Å². The third-order valence-electron chi connectivity index (χ3n) is 5.11. The van der Waals surface area contributed by atoms with E-state index in [1.54, 1.807) is 31.2 Å². The minimum atomic E-state index is -2.95. The number of halogens is 2. The van der Waals surface area contributed by atoms with Crippen molar-refractivity contribution in [2.24, 2.45) is 5.73 Å². The molecule has 4 nitrogen and oxygen atoms in total. The number of hydrogen-bond acceptors (Lipinski definition) is 3. The molecule has 1 aliphatic heterocycles. The van der Waals surface area contributed by atoms with Gasteiger partial charge in [-0.15, -0.1) is 0 Å². The predicted octanol–water partition coefficient (Wildman–Crippen LogP) is 5.03. The van der Waals surface area contributed by atoms with Gasteiger partial charge in [0, 0.05) is 5.56 Å². The lowest BCUT2D eigenvalue weighted by atomic mass is 9.86. The molecule has 6 heteroatoms. The van der Waals surface area contributed by atoms with E-state index in [4.69, 9.17) is 15.2 Å². The SMILES string of the molecule is CC(C(N)=O)c1ccc2c(c1)C(c1ccccc1)Oc1cccc(OC(F)F)c1-2. The van der Waals surface area contributed by atoms with Crippen molar-refractivity contribution in [3.8, 4) is 22.6 Å². The number of hydrogen-bond donors (Lipinski definition) is 1. The Labute approximate surface area is 166 Å². The summed E-state index contributed by atoms with van der Waals surface area (Å²) in [6.07, 6.45) is -0.458. The smallest absolute Gasteiger partial charge is 0.387 e. The lowest BCUT2D eigenvalue weighted by Gasteiger charge is -2.31. The van der Waals surface area contributed by atoms with Gasteiger partial charge in [0.05, 0.1) is 11.5 Å². The molecule has 2 atom stereocenters. The van der Waals surface area contributed by atoms with Crippen LogP contribution in [0.25, 0.3) is 11.1 Å². The molecule has 1 heterocycles. The Balaban J connectivity index is 1.92. The molecular formula is C23H19F2NO3. The van der Waals surface area contributed by atoms with Crippen molar-refractivity contribution in [1.29, 1.82) is 0 Å². The fourth-order valence-corrected chi connectivity index (χ4v) is 3.59. The summed E-state index contributed by atoms with van der Waals surface area (Å²) in [7, 11) is 0. The fraction of sp³-hybridized carbons (Fsp3) is 0.174. The topological polar surface area (TPSA) is 61.6 Å². The second-order valence-electron chi connectivity index (χ2n) is 6.89. The van der Waals surface area contributed by atoms with Gasteiger partial charge in [0.15, 0.2) is 0 Å². The normalized spacial score (nSPS) is 15.8. The monoisotopic (exact) mass is 395 g/mol. The second kappa shape index (κ2) is 7.54. The van der Waals surface area contributed by atoms with Gasteiger partial charge < -0.3 is 15.2 Å². The number of benzene rings is 3. The van der Waals surface area contributed by atoms with Crippen molar-refractivity contribution in [3.63, 3.8) is 0 Å². The Hall–Kier alpha value is -3.41. The summed E-state index contributed by atoms with van der Waals surface area (Å²) in [5, 5.41) is 0. The van der Waals surface area contributed by atoms with Crippen LogP contribution in [-0.2, 0) is 4.79 Å². The zero-order valence-corrected chi connectivity index (χ0v) is 15.6. The van der Waals surface area contributed by atoms with Gasteiger partial charge in [-0.1, -0.05) is 54.6 Å². The minimum absolute atomic E-state index is 0.0426. The highest BCUT2D eigenvalue weighted by molar-refractivity contribution is 5.84. The van der Waals surface area contributed by atoms with Crippen LogP contribution in [0.15, 0.2) is 66.7 Å². The van der Waals surface area contributed by atoms with Crippen LogP contribution < -0.4 is 15.2 Å². The van der Waals surface area contributed by atoms with Gasteiger partial charge in [-0.3, -0.25) is 4.79 Å². The van der Waals surface area contributed by atoms with Crippen molar-refractivity contribution < 1.29 is 23.0 Å².